The maximum absolute atomic E-state index is 12.8. The molecule has 1 aromatic carbocycles. The summed E-state index contributed by atoms with van der Waals surface area (Å²) in [6.07, 6.45) is 1.25. The van der Waals surface area contributed by atoms with Crippen molar-refractivity contribution in [2.24, 2.45) is 4.99 Å². The SMILES string of the molecule is CN(C)C1=NC2(CCN(C(=O)C[C@H]3NC(=O)c4ccccc43)CC2)C(=O)N1. The van der Waals surface area contributed by atoms with Crippen molar-refractivity contribution < 1.29 is 14.4 Å². The lowest BCUT2D eigenvalue weighted by molar-refractivity contribution is -0.136. The number of rotatable bonds is 2. The molecule has 1 aromatic rings. The monoisotopic (exact) mass is 369 g/mol. The van der Waals surface area contributed by atoms with Crippen LogP contribution in [0.2, 0.25) is 0 Å². The molecule has 3 amide bonds. The fourth-order valence-corrected chi connectivity index (χ4v) is 3.96. The minimum absolute atomic E-state index is 0.0120. The van der Waals surface area contributed by atoms with Gasteiger partial charge >= 0.3 is 0 Å². The van der Waals surface area contributed by atoms with Crippen molar-refractivity contribution in [3.8, 4) is 0 Å². The molecule has 1 saturated heterocycles. The van der Waals surface area contributed by atoms with Gasteiger partial charge in [0.15, 0.2) is 0 Å². The number of benzene rings is 1. The number of amides is 3. The topological polar surface area (TPSA) is 94.1 Å². The molecule has 1 fully saturated rings. The van der Waals surface area contributed by atoms with Gasteiger partial charge in [-0.05, 0) is 24.5 Å². The van der Waals surface area contributed by atoms with Crippen molar-refractivity contribution in [3.63, 3.8) is 0 Å². The molecule has 0 unspecified atom stereocenters. The number of likely N-dealkylation sites (tertiary alicyclic amines) is 1. The number of carbonyl (C=O) groups excluding carboxylic acids is 3. The number of piperidine rings is 1. The highest BCUT2D eigenvalue weighted by Crippen LogP contribution is 2.32. The quantitative estimate of drug-likeness (QED) is 0.782. The molecule has 142 valence electrons. The highest BCUT2D eigenvalue weighted by molar-refractivity contribution is 6.07. The molecule has 0 radical (unpaired) electrons. The molecule has 1 spiro atoms. The Morgan fingerprint density at radius 1 is 1.26 bits per heavy atom. The average molecular weight is 369 g/mol. The predicted molar refractivity (Wildman–Crippen MR) is 99.1 cm³/mol. The van der Waals surface area contributed by atoms with Crippen molar-refractivity contribution in [2.75, 3.05) is 27.2 Å². The number of aliphatic imine (C=N–C) groups is 1. The summed E-state index contributed by atoms with van der Waals surface area (Å²) in [4.78, 5) is 45.3. The molecule has 0 aromatic heterocycles. The highest BCUT2D eigenvalue weighted by atomic mass is 16.2. The van der Waals surface area contributed by atoms with E-state index in [4.69, 9.17) is 0 Å². The molecule has 8 nitrogen and oxygen atoms in total. The normalized spacial score (nSPS) is 23.0. The van der Waals surface area contributed by atoms with E-state index in [2.05, 4.69) is 15.6 Å². The van der Waals surface area contributed by atoms with Gasteiger partial charge in [-0.25, -0.2) is 4.99 Å². The first kappa shape index (κ1) is 17.5. The summed E-state index contributed by atoms with van der Waals surface area (Å²) in [5.41, 5.74) is 0.755. The van der Waals surface area contributed by atoms with Gasteiger partial charge in [0.2, 0.25) is 11.9 Å². The second-order valence-electron chi connectivity index (χ2n) is 7.51. The van der Waals surface area contributed by atoms with E-state index < -0.39 is 5.54 Å². The standard InChI is InChI=1S/C19H23N5O3/c1-23(2)18-21-17(27)19(22-18)7-9-24(10-8-19)15(25)11-14-12-5-3-4-6-13(12)16(26)20-14/h3-6,14H,7-11H2,1-2H3,(H,20,26)(H,21,22,27)/t14-/m1/s1. The van der Waals surface area contributed by atoms with Crippen LogP contribution in [-0.4, -0.2) is 66.2 Å². The number of nitrogens with zero attached hydrogens (tertiary/aromatic N) is 3. The van der Waals surface area contributed by atoms with E-state index in [0.717, 1.165) is 5.56 Å². The van der Waals surface area contributed by atoms with Crippen LogP contribution in [0, 0.1) is 0 Å². The van der Waals surface area contributed by atoms with Gasteiger partial charge in [0.1, 0.15) is 5.54 Å². The van der Waals surface area contributed by atoms with Gasteiger partial charge in [-0.15, -0.1) is 0 Å². The van der Waals surface area contributed by atoms with E-state index in [1.807, 2.05) is 32.3 Å². The first-order valence-electron chi connectivity index (χ1n) is 9.16. The van der Waals surface area contributed by atoms with Gasteiger partial charge in [0.25, 0.3) is 11.8 Å². The fourth-order valence-electron chi connectivity index (χ4n) is 3.96. The molecule has 0 saturated carbocycles. The van der Waals surface area contributed by atoms with Crippen molar-refractivity contribution in [1.29, 1.82) is 0 Å². The lowest BCUT2D eigenvalue weighted by Gasteiger charge is -2.35. The van der Waals surface area contributed by atoms with Crippen molar-refractivity contribution in [2.45, 2.75) is 30.8 Å². The Balaban J connectivity index is 1.40. The Hall–Kier alpha value is -2.90. The Bertz CT molecular complexity index is 840. The van der Waals surface area contributed by atoms with Crippen LogP contribution in [0.5, 0.6) is 0 Å². The van der Waals surface area contributed by atoms with Crippen molar-refractivity contribution in [3.05, 3.63) is 35.4 Å². The molecule has 4 rings (SSSR count). The molecule has 0 bridgehead atoms. The molecular weight excluding hydrogens is 346 g/mol. The first-order chi connectivity index (χ1) is 12.9. The van der Waals surface area contributed by atoms with Crippen molar-refractivity contribution in [1.82, 2.24) is 20.4 Å². The summed E-state index contributed by atoms with van der Waals surface area (Å²) < 4.78 is 0. The lowest BCUT2D eigenvalue weighted by Crippen LogP contribution is -2.51. The van der Waals surface area contributed by atoms with Crippen LogP contribution < -0.4 is 10.6 Å². The van der Waals surface area contributed by atoms with Gasteiger partial charge in [-0.1, -0.05) is 18.2 Å². The zero-order valence-electron chi connectivity index (χ0n) is 15.5. The summed E-state index contributed by atoms with van der Waals surface area (Å²) in [6.45, 7) is 0.970. The Morgan fingerprint density at radius 3 is 2.63 bits per heavy atom. The van der Waals surface area contributed by atoms with Gasteiger partial charge in [-0.3, -0.25) is 19.7 Å². The minimum Gasteiger partial charge on any atom is -0.349 e. The number of fused-ring (bicyclic) bond motifs is 1. The molecule has 27 heavy (non-hydrogen) atoms. The second kappa shape index (κ2) is 6.37. The van der Waals surface area contributed by atoms with Crippen LogP contribution in [0.4, 0.5) is 0 Å². The largest absolute Gasteiger partial charge is 0.349 e. The number of hydrogen-bond acceptors (Lipinski definition) is 5. The van der Waals surface area contributed by atoms with E-state index in [0.29, 0.717) is 37.5 Å². The summed E-state index contributed by atoms with van der Waals surface area (Å²) >= 11 is 0. The first-order valence-corrected chi connectivity index (χ1v) is 9.16. The summed E-state index contributed by atoms with van der Waals surface area (Å²) in [5, 5.41) is 5.70. The van der Waals surface area contributed by atoms with E-state index in [9.17, 15) is 14.4 Å². The molecule has 1 atom stereocenters. The van der Waals surface area contributed by atoms with Gasteiger partial charge in [0.05, 0.1) is 12.5 Å². The third-order valence-electron chi connectivity index (χ3n) is 5.60. The molecule has 3 heterocycles. The highest BCUT2D eigenvalue weighted by Gasteiger charge is 2.47. The maximum atomic E-state index is 12.8. The van der Waals surface area contributed by atoms with Gasteiger partial charge in [-0.2, -0.15) is 0 Å². The van der Waals surface area contributed by atoms with Crippen LogP contribution >= 0.6 is 0 Å². The minimum atomic E-state index is -0.759. The summed E-state index contributed by atoms with van der Waals surface area (Å²) in [7, 11) is 3.68. The maximum Gasteiger partial charge on any atom is 0.254 e. The Morgan fingerprint density at radius 2 is 1.96 bits per heavy atom. The number of nitrogens with one attached hydrogen (secondary N) is 2. The molecular formula is C19H23N5O3. The third kappa shape index (κ3) is 2.94. The summed E-state index contributed by atoms with van der Waals surface area (Å²) in [5.74, 6) is 0.344. The zero-order valence-corrected chi connectivity index (χ0v) is 15.5. The number of hydrogen-bond donors (Lipinski definition) is 2. The molecule has 2 N–H and O–H groups in total. The third-order valence-corrected chi connectivity index (χ3v) is 5.60. The smallest absolute Gasteiger partial charge is 0.254 e. The lowest BCUT2D eigenvalue weighted by atomic mass is 9.87. The van der Waals surface area contributed by atoms with E-state index in [1.54, 1.807) is 15.9 Å². The fraction of sp³-hybridized carbons (Fsp3) is 0.474. The average Bonchev–Trinajstić information content (AvgIpc) is 3.14. The molecule has 3 aliphatic rings. The Labute approximate surface area is 157 Å². The van der Waals surface area contributed by atoms with E-state index in [1.165, 1.54) is 0 Å². The molecule has 3 aliphatic heterocycles. The van der Waals surface area contributed by atoms with E-state index >= 15 is 0 Å². The molecule has 8 heteroatoms. The van der Waals surface area contributed by atoms with Crippen molar-refractivity contribution >= 4 is 23.7 Å². The van der Waals surface area contributed by atoms with Crippen LogP contribution in [0.1, 0.15) is 41.2 Å². The number of guanidine groups is 1. The second-order valence-corrected chi connectivity index (χ2v) is 7.51. The van der Waals surface area contributed by atoms with Gasteiger partial charge in [0, 0.05) is 32.7 Å². The van der Waals surface area contributed by atoms with Crippen LogP contribution in [-0.2, 0) is 9.59 Å². The number of carbonyl (C=O) groups is 3. The van der Waals surface area contributed by atoms with E-state index in [-0.39, 0.29) is 30.2 Å². The molecule has 0 aliphatic carbocycles. The van der Waals surface area contributed by atoms with Crippen LogP contribution in [0.3, 0.4) is 0 Å². The van der Waals surface area contributed by atoms with Crippen LogP contribution in [0.25, 0.3) is 0 Å². The Kier molecular flexibility index (Phi) is 4.13. The van der Waals surface area contributed by atoms with Gasteiger partial charge < -0.3 is 15.1 Å². The zero-order chi connectivity index (χ0) is 19.2. The predicted octanol–water partition coefficient (Wildman–Crippen LogP) is 0.270. The summed E-state index contributed by atoms with van der Waals surface area (Å²) in [6, 6.07) is 7.07. The van der Waals surface area contributed by atoms with Crippen LogP contribution in [0.15, 0.2) is 29.3 Å².